The van der Waals surface area contributed by atoms with Gasteiger partial charge in [0.15, 0.2) is 11.5 Å². The van der Waals surface area contributed by atoms with Gasteiger partial charge in [-0.15, -0.1) is 0 Å². The average Bonchev–Trinajstić information content (AvgIpc) is 3.11. The summed E-state index contributed by atoms with van der Waals surface area (Å²) in [5, 5.41) is 3.57. The van der Waals surface area contributed by atoms with Crippen LogP contribution in [0.5, 0.6) is 0 Å². The van der Waals surface area contributed by atoms with Gasteiger partial charge in [-0.1, -0.05) is 24.3 Å². The van der Waals surface area contributed by atoms with Crippen molar-refractivity contribution in [3.8, 4) is 11.4 Å². The molecule has 0 aliphatic carbocycles. The lowest BCUT2D eigenvalue weighted by Crippen LogP contribution is -2.37. The Labute approximate surface area is 177 Å². The third kappa shape index (κ3) is 3.96. The van der Waals surface area contributed by atoms with E-state index < -0.39 is 35.7 Å². The fraction of sp³-hybridized carbons (Fsp3) is 0.143. The number of alkyl halides is 3. The van der Waals surface area contributed by atoms with Crippen molar-refractivity contribution < 1.29 is 22.4 Å². The predicted octanol–water partition coefficient (Wildman–Crippen LogP) is 3.50. The normalized spacial score (nSPS) is 11.7. The van der Waals surface area contributed by atoms with Crippen molar-refractivity contribution >= 4 is 16.8 Å². The lowest BCUT2D eigenvalue weighted by atomic mass is 10.2. The maximum Gasteiger partial charge on any atom is 0.435 e. The zero-order valence-electron chi connectivity index (χ0n) is 16.5. The van der Waals surface area contributed by atoms with Crippen LogP contribution in [0.15, 0.2) is 59.4 Å². The van der Waals surface area contributed by atoms with E-state index in [4.69, 9.17) is 0 Å². The number of halogens is 4. The zero-order chi connectivity index (χ0) is 23.0. The molecular weight excluding hydrogens is 430 g/mol. The second kappa shape index (κ2) is 7.91. The topological polar surface area (TPSA) is 81.8 Å². The van der Waals surface area contributed by atoms with E-state index >= 15 is 0 Å². The minimum absolute atomic E-state index is 0.0368. The minimum atomic E-state index is -4.66. The van der Waals surface area contributed by atoms with E-state index in [1.165, 1.54) is 37.3 Å². The van der Waals surface area contributed by atoms with Gasteiger partial charge in [0, 0.05) is 5.69 Å². The summed E-state index contributed by atoms with van der Waals surface area (Å²) in [5.41, 5.74) is 0.860. The predicted molar refractivity (Wildman–Crippen MR) is 108 cm³/mol. The molecule has 164 valence electrons. The molecule has 0 spiro atoms. The van der Waals surface area contributed by atoms with Crippen LogP contribution < -0.4 is 11.0 Å². The van der Waals surface area contributed by atoms with Gasteiger partial charge in [-0.25, -0.2) is 9.37 Å². The molecule has 11 heteroatoms. The van der Waals surface area contributed by atoms with Crippen LogP contribution in [0.2, 0.25) is 0 Å². The Bertz CT molecular complexity index is 1390. The third-order valence-electron chi connectivity index (χ3n) is 4.69. The number of carbonyl (C=O) groups excluding carboxylic acids is 1. The fourth-order valence-corrected chi connectivity index (χ4v) is 3.16. The molecule has 4 rings (SSSR count). The quantitative estimate of drug-likeness (QED) is 0.488. The van der Waals surface area contributed by atoms with E-state index in [-0.39, 0.29) is 22.5 Å². The molecule has 1 amide bonds. The standard InChI is InChI=1S/C21H15F4N5O2/c1-12-10-17(21(23,24)25)27-29(12)11-18(31)28-30-19(13-6-2-4-8-15(13)22)26-16-9-5-3-7-14(16)20(30)32/h2-10H,11H2,1H3,(H,28,31). The molecule has 0 bridgehead atoms. The van der Waals surface area contributed by atoms with Gasteiger partial charge in [-0.2, -0.15) is 22.9 Å². The molecular formula is C21H15F4N5O2. The molecule has 0 atom stereocenters. The van der Waals surface area contributed by atoms with Crippen LogP contribution in [-0.2, 0) is 17.5 Å². The Morgan fingerprint density at radius 2 is 1.78 bits per heavy atom. The summed E-state index contributed by atoms with van der Waals surface area (Å²) < 4.78 is 54.7. The van der Waals surface area contributed by atoms with Gasteiger partial charge < -0.3 is 0 Å². The summed E-state index contributed by atoms with van der Waals surface area (Å²) in [6.45, 7) is 0.766. The number of amides is 1. The Balaban J connectivity index is 1.76. The highest BCUT2D eigenvalue weighted by atomic mass is 19.4. The van der Waals surface area contributed by atoms with Crippen LogP contribution in [0.4, 0.5) is 17.6 Å². The van der Waals surface area contributed by atoms with Crippen LogP contribution in [0, 0.1) is 12.7 Å². The second-order valence-electron chi connectivity index (χ2n) is 6.93. The highest BCUT2D eigenvalue weighted by molar-refractivity contribution is 5.86. The summed E-state index contributed by atoms with van der Waals surface area (Å²) in [7, 11) is 0. The van der Waals surface area contributed by atoms with Gasteiger partial charge in [0.05, 0.1) is 16.5 Å². The van der Waals surface area contributed by atoms with E-state index in [9.17, 15) is 27.2 Å². The maximum absolute atomic E-state index is 14.5. The molecule has 0 saturated carbocycles. The lowest BCUT2D eigenvalue weighted by Gasteiger charge is -2.15. The molecule has 2 heterocycles. The first kappa shape index (κ1) is 21.2. The third-order valence-corrected chi connectivity index (χ3v) is 4.69. The molecule has 0 aliphatic heterocycles. The number of nitrogens with zero attached hydrogens (tertiary/aromatic N) is 4. The fourth-order valence-electron chi connectivity index (χ4n) is 3.16. The molecule has 7 nitrogen and oxygen atoms in total. The summed E-state index contributed by atoms with van der Waals surface area (Å²) in [4.78, 5) is 30.0. The maximum atomic E-state index is 14.5. The average molecular weight is 445 g/mol. The van der Waals surface area contributed by atoms with E-state index in [2.05, 4.69) is 15.5 Å². The number of rotatable bonds is 4. The van der Waals surface area contributed by atoms with Gasteiger partial charge in [0.25, 0.3) is 11.5 Å². The van der Waals surface area contributed by atoms with Gasteiger partial charge in [0.2, 0.25) is 0 Å². The first-order chi connectivity index (χ1) is 15.1. The lowest BCUT2D eigenvalue weighted by molar-refractivity contribution is -0.141. The highest BCUT2D eigenvalue weighted by Gasteiger charge is 2.34. The van der Waals surface area contributed by atoms with Crippen LogP contribution in [0.25, 0.3) is 22.3 Å². The summed E-state index contributed by atoms with van der Waals surface area (Å²) in [6, 6.07) is 12.7. The first-order valence-electron chi connectivity index (χ1n) is 9.33. The Kier molecular flexibility index (Phi) is 5.25. The van der Waals surface area contributed by atoms with Crippen LogP contribution in [0.1, 0.15) is 11.4 Å². The molecule has 2 aromatic heterocycles. The van der Waals surface area contributed by atoms with Crippen LogP contribution in [0.3, 0.4) is 0 Å². The van der Waals surface area contributed by atoms with E-state index in [1.807, 2.05) is 0 Å². The number of aromatic nitrogens is 4. The number of para-hydroxylation sites is 1. The molecule has 0 aliphatic rings. The number of benzene rings is 2. The first-order valence-corrected chi connectivity index (χ1v) is 9.33. The van der Waals surface area contributed by atoms with Crippen LogP contribution in [-0.4, -0.2) is 25.3 Å². The van der Waals surface area contributed by atoms with Crippen molar-refractivity contribution in [3.05, 3.63) is 82.2 Å². The van der Waals surface area contributed by atoms with Crippen LogP contribution >= 0.6 is 0 Å². The van der Waals surface area contributed by atoms with Gasteiger partial charge in [-0.05, 0) is 37.3 Å². The molecule has 4 aromatic rings. The molecule has 2 aromatic carbocycles. The monoisotopic (exact) mass is 445 g/mol. The largest absolute Gasteiger partial charge is 0.435 e. The van der Waals surface area contributed by atoms with Gasteiger partial charge in [-0.3, -0.25) is 19.7 Å². The van der Waals surface area contributed by atoms with Crippen molar-refractivity contribution in [2.24, 2.45) is 0 Å². The molecule has 0 saturated heterocycles. The number of fused-ring (bicyclic) bond motifs is 1. The number of aryl methyl sites for hydroxylation is 1. The highest BCUT2D eigenvalue weighted by Crippen LogP contribution is 2.28. The van der Waals surface area contributed by atoms with Crippen molar-refractivity contribution in [2.75, 3.05) is 5.43 Å². The zero-order valence-corrected chi connectivity index (χ0v) is 16.5. The Hall–Kier alpha value is -4.02. The SMILES string of the molecule is Cc1cc(C(F)(F)F)nn1CC(=O)Nn1c(-c2ccccc2F)nc2ccccc2c1=O. The summed E-state index contributed by atoms with van der Waals surface area (Å²) in [6.07, 6.45) is -4.66. The van der Waals surface area contributed by atoms with E-state index in [0.717, 1.165) is 15.4 Å². The molecule has 0 radical (unpaired) electrons. The number of carbonyl (C=O) groups is 1. The molecule has 0 unspecified atom stereocenters. The van der Waals surface area contributed by atoms with E-state index in [1.54, 1.807) is 18.2 Å². The second-order valence-corrected chi connectivity index (χ2v) is 6.93. The molecule has 1 N–H and O–H groups in total. The van der Waals surface area contributed by atoms with Crippen molar-refractivity contribution in [2.45, 2.75) is 19.6 Å². The molecule has 32 heavy (non-hydrogen) atoms. The minimum Gasteiger partial charge on any atom is -0.271 e. The number of hydrogen-bond donors (Lipinski definition) is 1. The smallest absolute Gasteiger partial charge is 0.271 e. The van der Waals surface area contributed by atoms with Crippen molar-refractivity contribution in [1.82, 2.24) is 19.4 Å². The molecule has 0 fully saturated rings. The van der Waals surface area contributed by atoms with Gasteiger partial charge >= 0.3 is 6.18 Å². The van der Waals surface area contributed by atoms with Crippen molar-refractivity contribution in [1.29, 1.82) is 0 Å². The number of hydrogen-bond acceptors (Lipinski definition) is 4. The van der Waals surface area contributed by atoms with Gasteiger partial charge in [0.1, 0.15) is 12.4 Å². The van der Waals surface area contributed by atoms with Crippen molar-refractivity contribution in [3.63, 3.8) is 0 Å². The Morgan fingerprint density at radius 3 is 2.47 bits per heavy atom. The van der Waals surface area contributed by atoms with E-state index in [0.29, 0.717) is 5.52 Å². The summed E-state index contributed by atoms with van der Waals surface area (Å²) >= 11 is 0. The Morgan fingerprint density at radius 1 is 1.09 bits per heavy atom. The summed E-state index contributed by atoms with van der Waals surface area (Å²) in [5.74, 6) is -1.68. The number of nitrogens with one attached hydrogen (secondary N) is 1.